The Morgan fingerprint density at radius 1 is 0.442 bits per heavy atom. The van der Waals surface area contributed by atoms with Gasteiger partial charge in [-0.05, 0) is 82.6 Å². The van der Waals surface area contributed by atoms with Gasteiger partial charge in [-0.2, -0.15) is 0 Å². The molecule has 6 heteroatoms. The quantitative estimate of drug-likeness (QED) is 0.184. The van der Waals surface area contributed by atoms with Gasteiger partial charge in [-0.25, -0.2) is 0 Å². The first-order valence-electron chi connectivity index (χ1n) is 17.5. The van der Waals surface area contributed by atoms with Crippen LogP contribution >= 0.6 is 0 Å². The lowest BCUT2D eigenvalue weighted by Gasteiger charge is -2.12. The average Bonchev–Trinajstić information content (AvgIpc) is 3.85. The highest BCUT2D eigenvalue weighted by molar-refractivity contribution is 6.62. The van der Waals surface area contributed by atoms with Crippen LogP contribution in [0.15, 0.2) is 168 Å². The van der Waals surface area contributed by atoms with E-state index >= 15 is 0 Å². The number of benzene rings is 8. The molecule has 0 bridgehead atoms. The van der Waals surface area contributed by atoms with E-state index in [1.54, 1.807) is 6.07 Å². The first kappa shape index (κ1) is 29.2. The van der Waals surface area contributed by atoms with Crippen molar-refractivity contribution in [2.75, 3.05) is 0 Å². The summed E-state index contributed by atoms with van der Waals surface area (Å²) in [5, 5.41) is 29.5. The Bertz CT molecular complexity index is 3230. The molecular weight excluding hydrogens is 639 g/mol. The predicted molar refractivity (Wildman–Crippen MR) is 215 cm³/mol. The molecule has 0 fully saturated rings. The first-order valence-corrected chi connectivity index (χ1v) is 17.5. The average molecular weight is 669 g/mol. The molecule has 0 aliphatic carbocycles. The van der Waals surface area contributed by atoms with E-state index in [0.29, 0.717) is 16.6 Å². The molecule has 8 aromatic carbocycles. The molecule has 244 valence electrons. The summed E-state index contributed by atoms with van der Waals surface area (Å²) in [4.78, 5) is 0. The topological polar surface area (TPSA) is 63.5 Å². The number of aromatic nitrogens is 2. The molecule has 3 aromatic heterocycles. The Kier molecular flexibility index (Phi) is 6.14. The fourth-order valence-electron chi connectivity index (χ4n) is 8.46. The van der Waals surface area contributed by atoms with Crippen LogP contribution in [0.2, 0.25) is 0 Å². The van der Waals surface area contributed by atoms with Crippen molar-refractivity contribution in [2.24, 2.45) is 0 Å². The van der Waals surface area contributed by atoms with Gasteiger partial charge in [-0.15, -0.1) is 0 Å². The molecule has 5 nitrogen and oxygen atoms in total. The third-order valence-corrected chi connectivity index (χ3v) is 10.7. The normalized spacial score (nSPS) is 12.0. The van der Waals surface area contributed by atoms with Crippen molar-refractivity contribution >= 4 is 88.9 Å². The van der Waals surface area contributed by atoms with Gasteiger partial charge in [0.05, 0.1) is 33.1 Å². The minimum atomic E-state index is -1.67. The van der Waals surface area contributed by atoms with Gasteiger partial charge in [0.25, 0.3) is 0 Å². The van der Waals surface area contributed by atoms with Crippen LogP contribution in [0.25, 0.3) is 98.8 Å². The van der Waals surface area contributed by atoms with Crippen LogP contribution in [0.5, 0.6) is 0 Å². The Hall–Kier alpha value is -6.60. The molecule has 0 saturated carbocycles. The highest BCUT2D eigenvalue weighted by atomic mass is 16.4. The molecule has 0 radical (unpaired) electrons. The number of fused-ring (bicyclic) bond motifs is 11. The minimum Gasteiger partial charge on any atom is -0.456 e. The van der Waals surface area contributed by atoms with Crippen LogP contribution in [-0.4, -0.2) is 26.3 Å². The predicted octanol–water partition coefficient (Wildman–Crippen LogP) is 10.3. The molecule has 11 aromatic rings. The second-order valence-corrected chi connectivity index (χ2v) is 13.5. The van der Waals surface area contributed by atoms with E-state index in [0.717, 1.165) is 49.7 Å². The number of hydrogen-bond donors (Lipinski definition) is 2. The molecule has 3 heterocycles. The van der Waals surface area contributed by atoms with Gasteiger partial charge in [-0.3, -0.25) is 0 Å². The third-order valence-electron chi connectivity index (χ3n) is 10.7. The maximum Gasteiger partial charge on any atom is 0.492 e. The molecule has 0 aliphatic rings. The van der Waals surface area contributed by atoms with Crippen molar-refractivity contribution in [3.63, 3.8) is 0 Å². The maximum absolute atomic E-state index is 10.3. The van der Waals surface area contributed by atoms with Crippen LogP contribution < -0.4 is 5.46 Å². The second-order valence-electron chi connectivity index (χ2n) is 13.5. The van der Waals surface area contributed by atoms with E-state index in [1.807, 2.05) is 30.3 Å². The standard InChI is InChI=1S/C46H29BN2O3/c50-47(51)37-21-25-42(45-34-15-7-9-17-43(34)52-46(37)45)49-40-23-20-30(27-36(40)44-32-13-5-4-10-28(32)18-24-41(44)49)29-19-22-39-35(26-29)33-14-6-8-16-38(33)48(39)31-11-2-1-3-12-31/h1-27,50-51H. The van der Waals surface area contributed by atoms with Crippen LogP contribution in [0.4, 0.5) is 0 Å². The molecule has 2 N–H and O–H groups in total. The van der Waals surface area contributed by atoms with Crippen molar-refractivity contribution in [1.82, 2.24) is 9.13 Å². The summed E-state index contributed by atoms with van der Waals surface area (Å²) in [6.45, 7) is 0. The Balaban J connectivity index is 1.20. The van der Waals surface area contributed by atoms with Gasteiger partial charge in [0.15, 0.2) is 0 Å². The SMILES string of the molecule is OB(O)c1ccc(-n2c3ccc(-c4ccc5c(c4)c4ccccc4n5-c4ccccc4)cc3c3c4ccccc4ccc32)c2c1oc1ccccc12. The van der Waals surface area contributed by atoms with Crippen molar-refractivity contribution in [3.8, 4) is 22.5 Å². The summed E-state index contributed by atoms with van der Waals surface area (Å²) in [6.07, 6.45) is 0. The molecule has 11 rings (SSSR count). The van der Waals surface area contributed by atoms with Crippen LogP contribution in [-0.2, 0) is 0 Å². The zero-order valence-corrected chi connectivity index (χ0v) is 27.9. The molecular formula is C46H29BN2O3. The molecule has 0 aliphatic heterocycles. The summed E-state index contributed by atoms with van der Waals surface area (Å²) < 4.78 is 11.0. The van der Waals surface area contributed by atoms with Gasteiger partial charge in [0.2, 0.25) is 0 Å². The lowest BCUT2D eigenvalue weighted by Crippen LogP contribution is -2.30. The van der Waals surface area contributed by atoms with E-state index in [1.165, 1.54) is 38.0 Å². The summed E-state index contributed by atoms with van der Waals surface area (Å²) in [7, 11) is -1.67. The zero-order chi connectivity index (χ0) is 34.5. The lowest BCUT2D eigenvalue weighted by atomic mass is 9.79. The Morgan fingerprint density at radius 3 is 1.88 bits per heavy atom. The Morgan fingerprint density at radius 2 is 1.08 bits per heavy atom. The minimum absolute atomic E-state index is 0.340. The fourth-order valence-corrected chi connectivity index (χ4v) is 8.46. The van der Waals surface area contributed by atoms with Gasteiger partial charge < -0.3 is 23.6 Å². The number of rotatable bonds is 4. The summed E-state index contributed by atoms with van der Waals surface area (Å²) in [5.74, 6) is 0. The molecule has 0 saturated heterocycles. The van der Waals surface area contributed by atoms with Crippen LogP contribution in [0.1, 0.15) is 0 Å². The van der Waals surface area contributed by atoms with Gasteiger partial charge >= 0.3 is 7.12 Å². The van der Waals surface area contributed by atoms with Gasteiger partial charge in [0.1, 0.15) is 11.2 Å². The summed E-state index contributed by atoms with van der Waals surface area (Å²) in [5.41, 5.74) is 10.3. The van der Waals surface area contributed by atoms with Crippen molar-refractivity contribution in [3.05, 3.63) is 164 Å². The van der Waals surface area contributed by atoms with E-state index in [-0.39, 0.29) is 0 Å². The molecule has 0 amide bonds. The highest BCUT2D eigenvalue weighted by Crippen LogP contribution is 2.42. The monoisotopic (exact) mass is 668 g/mol. The maximum atomic E-state index is 10.3. The van der Waals surface area contributed by atoms with E-state index in [4.69, 9.17) is 4.42 Å². The molecule has 52 heavy (non-hydrogen) atoms. The molecule has 0 atom stereocenters. The number of hydrogen-bond acceptors (Lipinski definition) is 3. The smallest absolute Gasteiger partial charge is 0.456 e. The van der Waals surface area contributed by atoms with Gasteiger partial charge in [0, 0.05) is 38.1 Å². The molecule has 0 unspecified atom stereocenters. The molecule has 0 spiro atoms. The van der Waals surface area contributed by atoms with Gasteiger partial charge in [-0.1, -0.05) is 103 Å². The Labute approximate surface area is 297 Å². The van der Waals surface area contributed by atoms with E-state index < -0.39 is 7.12 Å². The summed E-state index contributed by atoms with van der Waals surface area (Å²) in [6, 6.07) is 57.3. The van der Waals surface area contributed by atoms with Crippen LogP contribution in [0, 0.1) is 0 Å². The lowest BCUT2D eigenvalue weighted by molar-refractivity contribution is 0.425. The van der Waals surface area contributed by atoms with E-state index in [2.05, 4.69) is 137 Å². The van der Waals surface area contributed by atoms with Crippen molar-refractivity contribution < 1.29 is 14.5 Å². The van der Waals surface area contributed by atoms with Crippen molar-refractivity contribution in [2.45, 2.75) is 0 Å². The largest absolute Gasteiger partial charge is 0.492 e. The highest BCUT2D eigenvalue weighted by Gasteiger charge is 2.25. The van der Waals surface area contributed by atoms with E-state index in [9.17, 15) is 10.0 Å². The zero-order valence-electron chi connectivity index (χ0n) is 27.9. The third kappa shape index (κ3) is 4.07. The number of furan rings is 1. The fraction of sp³-hybridized carbons (Fsp3) is 0. The number of para-hydroxylation sites is 3. The summed E-state index contributed by atoms with van der Waals surface area (Å²) >= 11 is 0. The first-order chi connectivity index (χ1) is 25.6. The second kappa shape index (κ2) is 11.0. The number of nitrogens with zero attached hydrogens (tertiary/aromatic N) is 2. The van der Waals surface area contributed by atoms with Crippen molar-refractivity contribution in [1.29, 1.82) is 0 Å². The van der Waals surface area contributed by atoms with Crippen LogP contribution in [0.3, 0.4) is 0 Å².